The first-order valence-corrected chi connectivity index (χ1v) is 10.5. The molecule has 0 spiro atoms. The lowest BCUT2D eigenvalue weighted by molar-refractivity contribution is -0.169. The standard InChI is InChI=1S/C23H29N3O2/c1-16(19-2-4-20(5-3-19)26-7-6-24-15-26)25-21(27)13-22-9-17-8-18(10-22)12-23(28,11-17)14-22/h2-7,15-18,28H,8-14H2,1H3,(H,25,27)/t16-,17+,18+,22?,23?/m0/s1. The number of aliphatic hydroxyl groups is 1. The first kappa shape index (κ1) is 17.9. The quantitative estimate of drug-likeness (QED) is 0.831. The van der Waals surface area contributed by atoms with E-state index in [9.17, 15) is 9.90 Å². The number of aromatic nitrogens is 2. The second-order valence-electron chi connectivity index (χ2n) is 9.71. The molecule has 2 aromatic rings. The van der Waals surface area contributed by atoms with Crippen molar-refractivity contribution in [1.82, 2.24) is 14.9 Å². The van der Waals surface area contributed by atoms with Crippen molar-refractivity contribution in [3.63, 3.8) is 0 Å². The van der Waals surface area contributed by atoms with Gasteiger partial charge in [-0.25, -0.2) is 4.98 Å². The molecule has 6 rings (SSSR count). The highest BCUT2D eigenvalue weighted by atomic mass is 16.3. The maximum atomic E-state index is 12.9. The molecule has 3 atom stereocenters. The molecule has 0 aliphatic heterocycles. The maximum absolute atomic E-state index is 12.9. The van der Waals surface area contributed by atoms with Gasteiger partial charge in [-0.3, -0.25) is 4.79 Å². The summed E-state index contributed by atoms with van der Waals surface area (Å²) in [6, 6.07) is 8.20. The largest absolute Gasteiger partial charge is 0.390 e. The summed E-state index contributed by atoms with van der Waals surface area (Å²) >= 11 is 0. The zero-order valence-electron chi connectivity index (χ0n) is 16.5. The summed E-state index contributed by atoms with van der Waals surface area (Å²) in [5.41, 5.74) is 1.68. The average molecular weight is 380 g/mol. The van der Waals surface area contributed by atoms with Crippen molar-refractivity contribution in [2.24, 2.45) is 17.3 Å². The first-order valence-electron chi connectivity index (χ1n) is 10.5. The van der Waals surface area contributed by atoms with Gasteiger partial charge in [0.1, 0.15) is 0 Å². The van der Waals surface area contributed by atoms with Crippen LogP contribution >= 0.6 is 0 Å². The molecule has 1 amide bonds. The van der Waals surface area contributed by atoms with Gasteiger partial charge in [-0.15, -0.1) is 0 Å². The fourth-order valence-electron chi connectivity index (χ4n) is 6.67. The molecule has 4 saturated carbocycles. The monoisotopic (exact) mass is 379 g/mol. The number of benzene rings is 1. The van der Waals surface area contributed by atoms with Gasteiger partial charge < -0.3 is 15.0 Å². The van der Waals surface area contributed by atoms with E-state index < -0.39 is 5.60 Å². The molecule has 4 aliphatic rings. The van der Waals surface area contributed by atoms with Gasteiger partial charge in [0.15, 0.2) is 0 Å². The molecular formula is C23H29N3O2. The van der Waals surface area contributed by atoms with E-state index in [-0.39, 0.29) is 17.4 Å². The molecule has 1 aromatic carbocycles. The van der Waals surface area contributed by atoms with Gasteiger partial charge in [0.25, 0.3) is 0 Å². The molecule has 1 aromatic heterocycles. The van der Waals surface area contributed by atoms with E-state index in [1.807, 2.05) is 29.8 Å². The summed E-state index contributed by atoms with van der Waals surface area (Å²) in [5, 5.41) is 14.1. The molecule has 0 unspecified atom stereocenters. The molecule has 2 N–H and O–H groups in total. The number of hydrogen-bond acceptors (Lipinski definition) is 3. The molecule has 148 valence electrons. The van der Waals surface area contributed by atoms with Gasteiger partial charge in [0.2, 0.25) is 5.91 Å². The number of imidazole rings is 1. The third kappa shape index (κ3) is 3.26. The molecule has 4 fully saturated rings. The highest BCUT2D eigenvalue weighted by Gasteiger charge is 2.57. The number of nitrogens with one attached hydrogen (secondary N) is 1. The number of rotatable bonds is 5. The number of carbonyl (C=O) groups excluding carboxylic acids is 1. The second kappa shape index (κ2) is 6.45. The van der Waals surface area contributed by atoms with Crippen LogP contribution in [0.5, 0.6) is 0 Å². The summed E-state index contributed by atoms with van der Waals surface area (Å²) in [4.78, 5) is 16.9. The number of amides is 1. The van der Waals surface area contributed by atoms with Crippen LogP contribution in [0.4, 0.5) is 0 Å². The van der Waals surface area contributed by atoms with E-state index in [1.165, 1.54) is 6.42 Å². The zero-order valence-corrected chi connectivity index (χ0v) is 16.5. The summed E-state index contributed by atoms with van der Waals surface area (Å²) in [6.45, 7) is 2.04. The van der Waals surface area contributed by atoms with Gasteiger partial charge in [-0.2, -0.15) is 0 Å². The molecule has 1 heterocycles. The van der Waals surface area contributed by atoms with Crippen LogP contribution in [0.1, 0.15) is 63.5 Å². The van der Waals surface area contributed by atoms with E-state index in [0.717, 1.165) is 43.4 Å². The molecule has 28 heavy (non-hydrogen) atoms. The van der Waals surface area contributed by atoms with E-state index >= 15 is 0 Å². The SMILES string of the molecule is C[C@H](NC(=O)CC12C[C@H]3C[C@@H](CC(O)(C3)C1)C2)c1ccc(-n2ccnc2)cc1. The Balaban J connectivity index is 1.23. The summed E-state index contributed by atoms with van der Waals surface area (Å²) in [6.07, 6.45) is 12.2. The minimum Gasteiger partial charge on any atom is -0.390 e. The molecule has 4 bridgehead atoms. The lowest BCUT2D eigenvalue weighted by Gasteiger charge is -2.60. The van der Waals surface area contributed by atoms with Crippen molar-refractivity contribution in [3.05, 3.63) is 48.5 Å². The Bertz CT molecular complexity index is 844. The van der Waals surface area contributed by atoms with E-state index in [2.05, 4.69) is 22.4 Å². The predicted octanol–water partition coefficient (Wildman–Crippen LogP) is 3.77. The first-order chi connectivity index (χ1) is 13.4. The van der Waals surface area contributed by atoms with Crippen LogP contribution < -0.4 is 5.32 Å². The maximum Gasteiger partial charge on any atom is 0.221 e. The van der Waals surface area contributed by atoms with Crippen LogP contribution in [0, 0.1) is 17.3 Å². The average Bonchev–Trinajstić information content (AvgIpc) is 3.13. The van der Waals surface area contributed by atoms with Crippen LogP contribution in [-0.4, -0.2) is 26.2 Å². The fourth-order valence-corrected chi connectivity index (χ4v) is 6.67. The van der Waals surface area contributed by atoms with Gasteiger partial charge >= 0.3 is 0 Å². The Morgan fingerprint density at radius 3 is 2.57 bits per heavy atom. The van der Waals surface area contributed by atoms with E-state index in [1.54, 1.807) is 12.5 Å². The lowest BCUT2D eigenvalue weighted by Crippen LogP contribution is -2.56. The number of nitrogens with zero attached hydrogens (tertiary/aromatic N) is 2. The Hall–Kier alpha value is -2.14. The summed E-state index contributed by atoms with van der Waals surface area (Å²) < 4.78 is 1.96. The zero-order chi connectivity index (χ0) is 19.4. The molecule has 5 nitrogen and oxygen atoms in total. The second-order valence-corrected chi connectivity index (χ2v) is 9.71. The third-order valence-electron chi connectivity index (χ3n) is 7.26. The van der Waals surface area contributed by atoms with Crippen molar-refractivity contribution in [2.45, 2.75) is 63.5 Å². The van der Waals surface area contributed by atoms with Gasteiger partial charge in [0.05, 0.1) is 18.0 Å². The Morgan fingerprint density at radius 1 is 1.25 bits per heavy atom. The Morgan fingerprint density at radius 2 is 1.96 bits per heavy atom. The van der Waals surface area contributed by atoms with E-state index in [4.69, 9.17) is 0 Å². The topological polar surface area (TPSA) is 67.2 Å². The normalized spacial score (nSPS) is 34.4. The van der Waals surface area contributed by atoms with Crippen LogP contribution in [-0.2, 0) is 4.79 Å². The van der Waals surface area contributed by atoms with Gasteiger partial charge in [-0.1, -0.05) is 12.1 Å². The van der Waals surface area contributed by atoms with Crippen LogP contribution in [0.25, 0.3) is 5.69 Å². The number of hydrogen-bond donors (Lipinski definition) is 2. The lowest BCUT2D eigenvalue weighted by atomic mass is 9.47. The molecular weight excluding hydrogens is 350 g/mol. The van der Waals surface area contributed by atoms with E-state index in [0.29, 0.717) is 18.3 Å². The highest BCUT2D eigenvalue weighted by molar-refractivity contribution is 5.77. The molecule has 5 heteroatoms. The minimum absolute atomic E-state index is 0.0217. The molecule has 4 aliphatic carbocycles. The van der Waals surface area contributed by atoms with Crippen LogP contribution in [0.3, 0.4) is 0 Å². The minimum atomic E-state index is -0.501. The van der Waals surface area contributed by atoms with Crippen LogP contribution in [0.2, 0.25) is 0 Å². The fraction of sp³-hybridized carbons (Fsp3) is 0.565. The van der Waals surface area contributed by atoms with Crippen molar-refractivity contribution >= 4 is 5.91 Å². The molecule has 0 saturated heterocycles. The van der Waals surface area contributed by atoms with Gasteiger partial charge in [0, 0.05) is 24.5 Å². The van der Waals surface area contributed by atoms with Gasteiger partial charge in [-0.05, 0) is 80.4 Å². The third-order valence-corrected chi connectivity index (χ3v) is 7.26. The van der Waals surface area contributed by atoms with Crippen molar-refractivity contribution in [2.75, 3.05) is 0 Å². The smallest absolute Gasteiger partial charge is 0.221 e. The Kier molecular flexibility index (Phi) is 4.13. The predicted molar refractivity (Wildman–Crippen MR) is 107 cm³/mol. The Labute approximate surface area is 166 Å². The van der Waals surface area contributed by atoms with Crippen molar-refractivity contribution in [3.8, 4) is 5.69 Å². The summed E-state index contributed by atoms with van der Waals surface area (Å²) in [5.74, 6) is 1.36. The highest BCUT2D eigenvalue weighted by Crippen LogP contribution is 2.62. The van der Waals surface area contributed by atoms with Crippen molar-refractivity contribution in [1.29, 1.82) is 0 Å². The molecule has 0 radical (unpaired) electrons. The van der Waals surface area contributed by atoms with Crippen molar-refractivity contribution < 1.29 is 9.90 Å². The number of carbonyl (C=O) groups is 1. The van der Waals surface area contributed by atoms with Crippen LogP contribution in [0.15, 0.2) is 43.0 Å². The summed E-state index contributed by atoms with van der Waals surface area (Å²) in [7, 11) is 0.